The van der Waals surface area contributed by atoms with Gasteiger partial charge in [0, 0.05) is 30.6 Å². The quantitative estimate of drug-likeness (QED) is 0.680. The molecule has 1 atom stereocenters. The van der Waals surface area contributed by atoms with Crippen molar-refractivity contribution in [2.24, 2.45) is 11.3 Å². The summed E-state index contributed by atoms with van der Waals surface area (Å²) in [4.78, 5) is 0. The van der Waals surface area contributed by atoms with Crippen molar-refractivity contribution < 1.29 is 20.1 Å². The van der Waals surface area contributed by atoms with Crippen LogP contribution in [-0.2, 0) is 4.74 Å². The summed E-state index contributed by atoms with van der Waals surface area (Å²) in [6.07, 6.45) is 3.96. The van der Waals surface area contributed by atoms with Crippen molar-refractivity contribution in [2.75, 3.05) is 6.61 Å². The third kappa shape index (κ3) is 2.62. The van der Waals surface area contributed by atoms with Crippen LogP contribution >= 0.6 is 0 Å². The third-order valence-corrected chi connectivity index (χ3v) is 5.81. The topological polar surface area (TPSA) is 69.9 Å². The summed E-state index contributed by atoms with van der Waals surface area (Å²) in [6, 6.07) is 0. The lowest BCUT2D eigenvalue weighted by atomic mass is 9.45. The van der Waals surface area contributed by atoms with E-state index in [0.29, 0.717) is 51.0 Å². The number of aliphatic hydroxyl groups is 3. The largest absolute Gasteiger partial charge is 0.498 e. The Morgan fingerprint density at radius 3 is 1.81 bits per heavy atom. The minimum absolute atomic E-state index is 0.299. The maximum atomic E-state index is 10.7. The molecule has 3 N–H and O–H groups in total. The molecule has 4 saturated carbocycles. The van der Waals surface area contributed by atoms with E-state index < -0.39 is 16.8 Å². The Morgan fingerprint density at radius 1 is 1.00 bits per heavy atom. The minimum atomic E-state index is -0.945. The number of ether oxygens (including phenoxy) is 1. The normalized spacial score (nSPS) is 49.2. The van der Waals surface area contributed by atoms with Gasteiger partial charge in [-0.2, -0.15) is 0 Å². The van der Waals surface area contributed by atoms with Crippen molar-refractivity contribution in [1.82, 2.24) is 0 Å². The molecule has 0 amide bonds. The lowest BCUT2D eigenvalue weighted by Gasteiger charge is -2.65. The molecule has 0 aliphatic heterocycles. The molecule has 4 heteroatoms. The van der Waals surface area contributed by atoms with Crippen LogP contribution in [0.2, 0.25) is 0 Å². The summed E-state index contributed by atoms with van der Waals surface area (Å²) in [7, 11) is 0. The zero-order valence-corrected chi connectivity index (χ0v) is 13.2. The molecule has 4 rings (SSSR count). The maximum Gasteiger partial charge on any atom is 0.0936 e. The number of rotatable bonds is 5. The molecular weight excluding hydrogens is 268 g/mol. The molecule has 120 valence electrons. The molecule has 21 heavy (non-hydrogen) atoms. The molecule has 0 aromatic heterocycles. The molecular formula is C17H28O4. The minimum Gasteiger partial charge on any atom is -0.498 e. The van der Waals surface area contributed by atoms with Crippen molar-refractivity contribution in [3.63, 3.8) is 0 Å². The van der Waals surface area contributed by atoms with Crippen LogP contribution in [0.4, 0.5) is 0 Å². The van der Waals surface area contributed by atoms with E-state index in [2.05, 4.69) is 20.4 Å². The Hall–Kier alpha value is -0.580. The Labute approximate surface area is 126 Å². The second-order valence-corrected chi connectivity index (χ2v) is 8.30. The van der Waals surface area contributed by atoms with E-state index >= 15 is 0 Å². The predicted octanol–water partition coefficient (Wildman–Crippen LogP) is 2.12. The number of hydrogen-bond acceptors (Lipinski definition) is 4. The van der Waals surface area contributed by atoms with Crippen LogP contribution in [0.25, 0.3) is 0 Å². The highest BCUT2D eigenvalue weighted by Crippen LogP contribution is 2.64. The predicted molar refractivity (Wildman–Crippen MR) is 79.5 cm³/mol. The highest BCUT2D eigenvalue weighted by molar-refractivity contribution is 5.20. The van der Waals surface area contributed by atoms with Crippen LogP contribution < -0.4 is 0 Å². The highest BCUT2D eigenvalue weighted by atomic mass is 16.5. The monoisotopic (exact) mass is 296 g/mol. The van der Waals surface area contributed by atoms with E-state index in [1.54, 1.807) is 0 Å². The van der Waals surface area contributed by atoms with Gasteiger partial charge in [0.2, 0.25) is 0 Å². The van der Waals surface area contributed by atoms with Crippen molar-refractivity contribution in [1.29, 1.82) is 0 Å². The second-order valence-electron chi connectivity index (χ2n) is 8.30. The van der Waals surface area contributed by atoms with Gasteiger partial charge in [0.15, 0.2) is 0 Å². The van der Waals surface area contributed by atoms with Crippen molar-refractivity contribution >= 4 is 0 Å². The fraction of sp³-hybridized carbons (Fsp3) is 0.882. The van der Waals surface area contributed by atoms with Gasteiger partial charge in [-0.3, -0.25) is 0 Å². The van der Waals surface area contributed by atoms with Gasteiger partial charge in [-0.1, -0.05) is 20.4 Å². The van der Waals surface area contributed by atoms with Gasteiger partial charge >= 0.3 is 0 Å². The first-order chi connectivity index (χ1) is 9.61. The van der Waals surface area contributed by atoms with Crippen LogP contribution in [0.1, 0.15) is 58.8 Å². The highest BCUT2D eigenvalue weighted by Gasteiger charge is 2.67. The van der Waals surface area contributed by atoms with E-state index in [1.165, 1.54) is 0 Å². The lowest BCUT2D eigenvalue weighted by molar-refractivity contribution is -0.286. The summed E-state index contributed by atoms with van der Waals surface area (Å²) in [6.45, 7) is 8.59. The van der Waals surface area contributed by atoms with Gasteiger partial charge in [0.1, 0.15) is 0 Å². The SMILES string of the molecule is C=C(OCC12CC3(O)CC(O)(CC(O)(C3)C1)C2)C(C)CC. The lowest BCUT2D eigenvalue weighted by Crippen LogP contribution is -2.70. The average molecular weight is 296 g/mol. The summed E-state index contributed by atoms with van der Waals surface area (Å²) in [5.74, 6) is 1.06. The third-order valence-electron chi connectivity index (χ3n) is 5.81. The maximum absolute atomic E-state index is 10.7. The fourth-order valence-corrected chi connectivity index (χ4v) is 5.45. The molecule has 0 heterocycles. The van der Waals surface area contributed by atoms with Crippen molar-refractivity contribution in [3.8, 4) is 0 Å². The van der Waals surface area contributed by atoms with Crippen LogP contribution in [0.3, 0.4) is 0 Å². The first-order valence-corrected chi connectivity index (χ1v) is 8.09. The van der Waals surface area contributed by atoms with Crippen molar-refractivity contribution in [2.45, 2.75) is 75.6 Å². The Balaban J connectivity index is 1.77. The molecule has 0 spiro atoms. The summed E-state index contributed by atoms with van der Waals surface area (Å²) < 4.78 is 5.89. The Kier molecular flexibility index (Phi) is 3.26. The first-order valence-electron chi connectivity index (χ1n) is 8.09. The number of hydrogen-bond donors (Lipinski definition) is 3. The summed E-state index contributed by atoms with van der Waals surface area (Å²) in [5.41, 5.74) is -3.17. The van der Waals surface area contributed by atoms with E-state index in [-0.39, 0.29) is 5.41 Å². The fourth-order valence-electron chi connectivity index (χ4n) is 5.45. The molecule has 4 aliphatic carbocycles. The van der Waals surface area contributed by atoms with Gasteiger partial charge in [-0.15, -0.1) is 0 Å². The van der Waals surface area contributed by atoms with Crippen molar-refractivity contribution in [3.05, 3.63) is 12.3 Å². The molecule has 4 aliphatic rings. The summed E-state index contributed by atoms with van der Waals surface area (Å²) in [5, 5.41) is 32.2. The average Bonchev–Trinajstić information content (AvgIpc) is 2.29. The Bertz CT molecular complexity index is 404. The molecule has 4 bridgehead atoms. The second kappa shape index (κ2) is 4.46. The van der Waals surface area contributed by atoms with Gasteiger partial charge in [0.05, 0.1) is 29.2 Å². The van der Waals surface area contributed by atoms with E-state index in [0.717, 1.165) is 12.2 Å². The molecule has 4 nitrogen and oxygen atoms in total. The zero-order valence-electron chi connectivity index (χ0n) is 13.2. The van der Waals surface area contributed by atoms with Crippen LogP contribution in [0.5, 0.6) is 0 Å². The van der Waals surface area contributed by atoms with Crippen LogP contribution in [0, 0.1) is 11.3 Å². The molecule has 4 fully saturated rings. The first kappa shape index (κ1) is 15.3. The summed E-state index contributed by atoms with van der Waals surface area (Å²) >= 11 is 0. The van der Waals surface area contributed by atoms with Gasteiger partial charge in [0.25, 0.3) is 0 Å². The van der Waals surface area contributed by atoms with Gasteiger partial charge in [-0.05, 0) is 25.7 Å². The molecule has 0 aromatic carbocycles. The number of allylic oxidation sites excluding steroid dienone is 1. The standard InChI is InChI=1S/C17H28O4/c1-4-12(2)13(3)21-11-14-5-15(18)8-16(19,6-14)10-17(20,7-14)9-15/h12,18-20H,3-11H2,1-2H3. The van der Waals surface area contributed by atoms with E-state index in [1.807, 2.05) is 0 Å². The zero-order chi connectivity index (χ0) is 15.5. The van der Waals surface area contributed by atoms with E-state index in [4.69, 9.17) is 4.74 Å². The molecule has 0 aromatic rings. The molecule has 1 unspecified atom stereocenters. The molecule has 0 radical (unpaired) electrons. The van der Waals surface area contributed by atoms with E-state index in [9.17, 15) is 15.3 Å². The Morgan fingerprint density at radius 2 is 1.43 bits per heavy atom. The molecule has 0 saturated heterocycles. The van der Waals surface area contributed by atoms with Gasteiger partial charge in [-0.25, -0.2) is 0 Å². The van der Waals surface area contributed by atoms with Crippen LogP contribution in [0.15, 0.2) is 12.3 Å². The van der Waals surface area contributed by atoms with Crippen LogP contribution in [-0.4, -0.2) is 38.7 Å². The smallest absolute Gasteiger partial charge is 0.0936 e. The van der Waals surface area contributed by atoms with Gasteiger partial charge < -0.3 is 20.1 Å².